The first kappa shape index (κ1) is 21.1. The molecule has 0 bridgehead atoms. The average molecular weight is 418 g/mol. The first-order valence-corrected chi connectivity index (χ1v) is 9.42. The van der Waals surface area contributed by atoms with Gasteiger partial charge in [-0.05, 0) is 18.6 Å². The van der Waals surface area contributed by atoms with E-state index in [0.717, 1.165) is 6.42 Å². The summed E-state index contributed by atoms with van der Waals surface area (Å²) in [5, 5.41) is 28.5. The van der Waals surface area contributed by atoms with E-state index in [9.17, 15) is 20.2 Å². The molecular weight excluding hydrogens is 396 g/mol. The molecule has 0 spiro atoms. The highest BCUT2D eigenvalue weighted by Gasteiger charge is 2.14. The Morgan fingerprint density at radius 1 is 0.733 bits per heavy atom. The van der Waals surface area contributed by atoms with Gasteiger partial charge in [-0.15, -0.1) is 0 Å². The molecule has 0 aromatic heterocycles. The van der Waals surface area contributed by atoms with Gasteiger partial charge in [0.25, 0.3) is 11.4 Å². The van der Waals surface area contributed by atoms with Crippen molar-refractivity contribution in [2.45, 2.75) is 6.42 Å². The summed E-state index contributed by atoms with van der Waals surface area (Å²) in [4.78, 5) is 21.1. The Morgan fingerprint density at radius 3 is 1.63 bits per heavy atom. The van der Waals surface area contributed by atoms with Crippen molar-refractivity contribution in [3.8, 4) is 11.5 Å². The summed E-state index contributed by atoms with van der Waals surface area (Å²) in [6.07, 6.45) is 0.718. The maximum Gasteiger partial charge on any atom is 0.273 e. The van der Waals surface area contributed by atoms with Crippen LogP contribution >= 0.6 is 0 Å². The Hall–Kier alpha value is -3.60. The molecule has 160 valence electrons. The van der Waals surface area contributed by atoms with Crippen molar-refractivity contribution < 1.29 is 24.1 Å². The van der Waals surface area contributed by atoms with Crippen LogP contribution in [0.15, 0.2) is 36.4 Å². The number of fused-ring (bicyclic) bond motifs is 2. The highest BCUT2D eigenvalue weighted by molar-refractivity contribution is 5.62. The zero-order valence-electron chi connectivity index (χ0n) is 16.2. The standard InChI is InChI=1S/C19H22N4O7/c24-22(25)14-2-4-16-18(12-14)29-10-8-28-9-11-30-19-13-15(23(26)27)3-5-17(19)21-7-1-6-20-16/h2-5,12-13,20-21H,1,6-11H2. The summed E-state index contributed by atoms with van der Waals surface area (Å²) in [5.74, 6) is 0.781. The minimum Gasteiger partial charge on any atom is -0.489 e. The molecular formula is C19H22N4O7. The molecule has 1 aliphatic rings. The number of anilines is 2. The van der Waals surface area contributed by atoms with Crippen molar-refractivity contribution >= 4 is 22.7 Å². The largest absolute Gasteiger partial charge is 0.489 e. The molecule has 2 N–H and O–H groups in total. The molecule has 2 aromatic rings. The highest BCUT2D eigenvalue weighted by Crippen LogP contribution is 2.31. The Labute approximate surface area is 172 Å². The number of rotatable bonds is 2. The zero-order valence-corrected chi connectivity index (χ0v) is 16.2. The number of nitro groups is 2. The minimum atomic E-state index is -0.470. The second-order valence-electron chi connectivity index (χ2n) is 6.39. The van der Waals surface area contributed by atoms with Gasteiger partial charge in [-0.1, -0.05) is 0 Å². The van der Waals surface area contributed by atoms with E-state index in [2.05, 4.69) is 10.6 Å². The van der Waals surface area contributed by atoms with E-state index < -0.39 is 9.85 Å². The normalized spacial score (nSPS) is 15.2. The van der Waals surface area contributed by atoms with Crippen LogP contribution in [0.4, 0.5) is 22.7 Å². The number of benzene rings is 2. The first-order chi connectivity index (χ1) is 14.5. The van der Waals surface area contributed by atoms with Gasteiger partial charge >= 0.3 is 0 Å². The molecule has 0 unspecified atom stereocenters. The maximum absolute atomic E-state index is 11.0. The van der Waals surface area contributed by atoms with Crippen molar-refractivity contribution in [2.24, 2.45) is 0 Å². The number of nitrogens with one attached hydrogen (secondary N) is 2. The van der Waals surface area contributed by atoms with Gasteiger partial charge in [0.1, 0.15) is 24.7 Å². The molecule has 3 rings (SSSR count). The molecule has 1 heterocycles. The minimum absolute atomic E-state index is 0.0494. The van der Waals surface area contributed by atoms with E-state index in [0.29, 0.717) is 36.0 Å². The fourth-order valence-electron chi connectivity index (χ4n) is 2.84. The van der Waals surface area contributed by atoms with Crippen LogP contribution in [0.2, 0.25) is 0 Å². The highest BCUT2D eigenvalue weighted by atomic mass is 16.6. The molecule has 11 heteroatoms. The number of non-ortho nitro benzene ring substituents is 2. The molecule has 2 aromatic carbocycles. The van der Waals surface area contributed by atoms with Crippen molar-refractivity contribution in [3.63, 3.8) is 0 Å². The van der Waals surface area contributed by atoms with Crippen LogP contribution in [-0.2, 0) is 4.74 Å². The number of nitrogens with zero attached hydrogens (tertiary/aromatic N) is 2. The maximum atomic E-state index is 11.0. The Morgan fingerprint density at radius 2 is 1.20 bits per heavy atom. The quantitative estimate of drug-likeness (QED) is 0.556. The molecule has 0 aliphatic carbocycles. The number of ether oxygens (including phenoxy) is 3. The lowest BCUT2D eigenvalue weighted by molar-refractivity contribution is -0.385. The predicted octanol–water partition coefficient (Wildman–Crippen LogP) is 3.20. The fraction of sp³-hybridized carbons (Fsp3) is 0.368. The van der Waals surface area contributed by atoms with Crippen LogP contribution in [0, 0.1) is 20.2 Å². The lowest BCUT2D eigenvalue weighted by atomic mass is 10.2. The summed E-state index contributed by atoms with van der Waals surface area (Å²) in [5.41, 5.74) is 1.22. The third kappa shape index (κ3) is 5.70. The Balaban J connectivity index is 1.71. The number of nitro benzene ring substituents is 2. The van der Waals surface area contributed by atoms with Crippen LogP contribution in [0.3, 0.4) is 0 Å². The van der Waals surface area contributed by atoms with E-state index in [-0.39, 0.29) is 37.8 Å². The van der Waals surface area contributed by atoms with E-state index in [4.69, 9.17) is 14.2 Å². The SMILES string of the molecule is O=[N+]([O-])c1ccc2c(c1)OCCOCCOc1cc([N+](=O)[O-])ccc1NCCCN2. The lowest BCUT2D eigenvalue weighted by Crippen LogP contribution is -2.15. The molecule has 0 amide bonds. The van der Waals surface area contributed by atoms with Gasteiger partial charge in [-0.3, -0.25) is 20.2 Å². The molecule has 1 aliphatic heterocycles. The Kier molecular flexibility index (Phi) is 7.22. The number of hydrogen-bond donors (Lipinski definition) is 2. The van der Waals surface area contributed by atoms with Crippen LogP contribution in [-0.4, -0.2) is 49.4 Å². The van der Waals surface area contributed by atoms with Crippen LogP contribution in [0.25, 0.3) is 0 Å². The summed E-state index contributed by atoms with van der Waals surface area (Å²) in [6, 6.07) is 8.85. The topological polar surface area (TPSA) is 138 Å². The number of hydrogen-bond acceptors (Lipinski definition) is 9. The van der Waals surface area contributed by atoms with Gasteiger partial charge in [-0.25, -0.2) is 0 Å². The van der Waals surface area contributed by atoms with Crippen molar-refractivity contribution in [3.05, 3.63) is 56.6 Å². The molecule has 0 radical (unpaired) electrons. The predicted molar refractivity (Wildman–Crippen MR) is 110 cm³/mol. The molecule has 0 saturated heterocycles. The van der Waals surface area contributed by atoms with E-state index in [1.54, 1.807) is 12.1 Å². The third-order valence-electron chi connectivity index (χ3n) is 4.31. The van der Waals surface area contributed by atoms with Crippen LogP contribution < -0.4 is 20.1 Å². The molecule has 0 fully saturated rings. The zero-order chi connectivity index (χ0) is 21.3. The van der Waals surface area contributed by atoms with Crippen molar-refractivity contribution in [1.82, 2.24) is 0 Å². The van der Waals surface area contributed by atoms with Gasteiger partial charge in [0.15, 0.2) is 0 Å². The van der Waals surface area contributed by atoms with Crippen molar-refractivity contribution in [2.75, 3.05) is 50.2 Å². The van der Waals surface area contributed by atoms with Gasteiger partial charge in [0.2, 0.25) is 0 Å². The van der Waals surface area contributed by atoms with Crippen molar-refractivity contribution in [1.29, 1.82) is 0 Å². The smallest absolute Gasteiger partial charge is 0.273 e. The summed E-state index contributed by atoms with van der Waals surface area (Å²) >= 11 is 0. The average Bonchev–Trinajstić information content (AvgIpc) is 2.73. The Bertz CT molecular complexity index is 835. The van der Waals surface area contributed by atoms with Crippen LogP contribution in [0.1, 0.15) is 6.42 Å². The van der Waals surface area contributed by atoms with Gasteiger partial charge in [0, 0.05) is 25.2 Å². The van der Waals surface area contributed by atoms with E-state index >= 15 is 0 Å². The molecule has 0 atom stereocenters. The van der Waals surface area contributed by atoms with E-state index in [1.165, 1.54) is 24.3 Å². The summed E-state index contributed by atoms with van der Waals surface area (Å²) in [6.45, 7) is 2.09. The fourth-order valence-corrected chi connectivity index (χ4v) is 2.84. The second-order valence-corrected chi connectivity index (χ2v) is 6.39. The van der Waals surface area contributed by atoms with Gasteiger partial charge in [0.05, 0.1) is 46.6 Å². The summed E-state index contributed by atoms with van der Waals surface area (Å²) in [7, 11) is 0. The monoisotopic (exact) mass is 418 g/mol. The molecule has 0 saturated carbocycles. The lowest BCUT2D eigenvalue weighted by Gasteiger charge is -2.16. The second kappa shape index (κ2) is 10.3. The van der Waals surface area contributed by atoms with Gasteiger partial charge < -0.3 is 24.8 Å². The molecule has 30 heavy (non-hydrogen) atoms. The summed E-state index contributed by atoms with van der Waals surface area (Å²) < 4.78 is 16.8. The molecule has 11 nitrogen and oxygen atoms in total. The van der Waals surface area contributed by atoms with E-state index in [1.807, 2.05) is 0 Å². The van der Waals surface area contributed by atoms with Crippen LogP contribution in [0.5, 0.6) is 11.5 Å². The third-order valence-corrected chi connectivity index (χ3v) is 4.31. The first-order valence-electron chi connectivity index (χ1n) is 9.42. The van der Waals surface area contributed by atoms with Gasteiger partial charge in [-0.2, -0.15) is 0 Å².